The summed E-state index contributed by atoms with van der Waals surface area (Å²) in [7, 11) is 1.68. The molecule has 0 radical (unpaired) electrons. The Morgan fingerprint density at radius 3 is 2.39 bits per heavy atom. The van der Waals surface area contributed by atoms with E-state index in [0.29, 0.717) is 22.0 Å². The zero-order valence-corrected chi connectivity index (χ0v) is 19.1. The SMILES string of the molecule is CC(C)OC(=O)Nc1ccc(-c2cnc3cnc(C(=O)N(C)c4ccc(Cl)cc4)cn23)cc1. The molecule has 0 aliphatic heterocycles. The summed E-state index contributed by atoms with van der Waals surface area (Å²) in [4.78, 5) is 35.0. The van der Waals surface area contributed by atoms with E-state index in [2.05, 4.69) is 15.3 Å². The summed E-state index contributed by atoms with van der Waals surface area (Å²) in [6.45, 7) is 3.57. The smallest absolute Gasteiger partial charge is 0.411 e. The Morgan fingerprint density at radius 2 is 1.73 bits per heavy atom. The second-order valence-corrected chi connectivity index (χ2v) is 8.08. The van der Waals surface area contributed by atoms with Crippen molar-refractivity contribution in [1.29, 1.82) is 0 Å². The van der Waals surface area contributed by atoms with Crippen molar-refractivity contribution in [2.75, 3.05) is 17.3 Å². The van der Waals surface area contributed by atoms with E-state index in [4.69, 9.17) is 16.3 Å². The maximum Gasteiger partial charge on any atom is 0.411 e. The van der Waals surface area contributed by atoms with Gasteiger partial charge in [-0.1, -0.05) is 23.7 Å². The number of hydrogen-bond acceptors (Lipinski definition) is 5. The van der Waals surface area contributed by atoms with Crippen molar-refractivity contribution >= 4 is 40.6 Å². The number of nitrogens with zero attached hydrogens (tertiary/aromatic N) is 4. The number of rotatable bonds is 5. The summed E-state index contributed by atoms with van der Waals surface area (Å²) < 4.78 is 6.90. The minimum atomic E-state index is -0.508. The van der Waals surface area contributed by atoms with Gasteiger partial charge in [0.25, 0.3) is 5.91 Å². The molecular formula is C24H22ClN5O3. The second kappa shape index (κ2) is 9.30. The quantitative estimate of drug-likeness (QED) is 0.434. The van der Waals surface area contributed by atoms with E-state index in [1.54, 1.807) is 75.9 Å². The highest BCUT2D eigenvalue weighted by molar-refractivity contribution is 6.30. The number of carbonyl (C=O) groups is 2. The third kappa shape index (κ3) is 4.96. The molecule has 0 saturated heterocycles. The Hall–Kier alpha value is -3.91. The molecule has 2 aromatic carbocycles. The summed E-state index contributed by atoms with van der Waals surface area (Å²) in [6, 6.07) is 14.3. The van der Waals surface area contributed by atoms with E-state index in [0.717, 1.165) is 11.3 Å². The summed E-state index contributed by atoms with van der Waals surface area (Å²) in [6.07, 6.45) is 4.23. The Kier molecular flexibility index (Phi) is 6.28. The van der Waals surface area contributed by atoms with Crippen LogP contribution < -0.4 is 10.2 Å². The van der Waals surface area contributed by atoms with Crippen molar-refractivity contribution in [3.63, 3.8) is 0 Å². The van der Waals surface area contributed by atoms with Gasteiger partial charge in [0.05, 0.1) is 24.2 Å². The van der Waals surface area contributed by atoms with Crippen LogP contribution in [0, 0.1) is 0 Å². The van der Waals surface area contributed by atoms with Crippen LogP contribution in [0.25, 0.3) is 16.9 Å². The zero-order valence-electron chi connectivity index (χ0n) is 18.3. The highest BCUT2D eigenvalue weighted by Crippen LogP contribution is 2.24. The normalized spacial score (nSPS) is 10.9. The van der Waals surface area contributed by atoms with E-state index in [-0.39, 0.29) is 17.7 Å². The molecule has 9 heteroatoms. The molecule has 0 spiro atoms. The Balaban J connectivity index is 1.58. The average Bonchev–Trinajstić information content (AvgIpc) is 3.22. The van der Waals surface area contributed by atoms with Crippen molar-refractivity contribution in [3.8, 4) is 11.3 Å². The molecule has 0 unspecified atom stereocenters. The lowest BCUT2D eigenvalue weighted by molar-refractivity contribution is 0.0987. The first-order chi connectivity index (χ1) is 15.8. The van der Waals surface area contributed by atoms with Gasteiger partial charge in [0, 0.05) is 35.2 Å². The summed E-state index contributed by atoms with van der Waals surface area (Å²) >= 11 is 5.94. The van der Waals surface area contributed by atoms with Crippen LogP contribution in [-0.2, 0) is 4.74 Å². The number of benzene rings is 2. The Morgan fingerprint density at radius 1 is 1.03 bits per heavy atom. The minimum Gasteiger partial charge on any atom is -0.447 e. The van der Waals surface area contributed by atoms with Crippen molar-refractivity contribution in [2.45, 2.75) is 20.0 Å². The van der Waals surface area contributed by atoms with Crippen molar-refractivity contribution < 1.29 is 14.3 Å². The third-order valence-electron chi connectivity index (χ3n) is 4.90. The average molecular weight is 464 g/mol. The van der Waals surface area contributed by atoms with Gasteiger partial charge in [0.1, 0.15) is 5.69 Å². The van der Waals surface area contributed by atoms with Crippen LogP contribution >= 0.6 is 11.6 Å². The van der Waals surface area contributed by atoms with Gasteiger partial charge in [-0.25, -0.2) is 14.8 Å². The van der Waals surface area contributed by atoms with Crippen molar-refractivity contribution in [3.05, 3.63) is 77.8 Å². The molecule has 4 rings (SSSR count). The first kappa shape index (κ1) is 22.3. The lowest BCUT2D eigenvalue weighted by Gasteiger charge is -2.17. The van der Waals surface area contributed by atoms with Crippen LogP contribution in [0.2, 0.25) is 5.02 Å². The molecule has 4 aromatic rings. The molecule has 0 atom stereocenters. The first-order valence-electron chi connectivity index (χ1n) is 10.3. The highest BCUT2D eigenvalue weighted by Gasteiger charge is 2.17. The molecule has 0 fully saturated rings. The monoisotopic (exact) mass is 463 g/mol. The van der Waals surface area contributed by atoms with Gasteiger partial charge in [0.2, 0.25) is 0 Å². The topological polar surface area (TPSA) is 88.8 Å². The third-order valence-corrected chi connectivity index (χ3v) is 5.16. The van der Waals surface area contributed by atoms with Crippen LogP contribution in [0.5, 0.6) is 0 Å². The molecule has 0 aliphatic carbocycles. The summed E-state index contributed by atoms with van der Waals surface area (Å²) in [5.74, 6) is -0.262. The number of ether oxygens (including phenoxy) is 1. The number of amides is 2. The fourth-order valence-electron chi connectivity index (χ4n) is 3.25. The fraction of sp³-hybridized carbons (Fsp3) is 0.167. The molecule has 168 valence electrons. The second-order valence-electron chi connectivity index (χ2n) is 7.64. The van der Waals surface area contributed by atoms with Crippen LogP contribution in [-0.4, -0.2) is 39.5 Å². The van der Waals surface area contributed by atoms with Gasteiger partial charge in [-0.2, -0.15) is 0 Å². The highest BCUT2D eigenvalue weighted by atomic mass is 35.5. The molecule has 0 bridgehead atoms. The van der Waals surface area contributed by atoms with Gasteiger partial charge in [-0.3, -0.25) is 14.5 Å². The van der Waals surface area contributed by atoms with Gasteiger partial charge >= 0.3 is 6.09 Å². The predicted molar refractivity (Wildman–Crippen MR) is 128 cm³/mol. The first-order valence-corrected chi connectivity index (χ1v) is 10.6. The lowest BCUT2D eigenvalue weighted by atomic mass is 10.1. The molecule has 2 heterocycles. The molecular weight excluding hydrogens is 442 g/mol. The van der Waals surface area contributed by atoms with E-state index in [1.165, 1.54) is 4.90 Å². The van der Waals surface area contributed by atoms with Gasteiger partial charge < -0.3 is 9.64 Å². The number of imidazole rings is 1. The summed E-state index contributed by atoms with van der Waals surface area (Å²) in [5.41, 5.74) is 3.84. The number of anilines is 2. The van der Waals surface area contributed by atoms with Crippen LogP contribution in [0.4, 0.5) is 16.2 Å². The van der Waals surface area contributed by atoms with E-state index in [1.807, 2.05) is 16.5 Å². The fourth-order valence-corrected chi connectivity index (χ4v) is 3.38. The van der Waals surface area contributed by atoms with Gasteiger partial charge in [0.15, 0.2) is 5.65 Å². The van der Waals surface area contributed by atoms with Crippen LogP contribution in [0.15, 0.2) is 67.1 Å². The number of halogens is 1. The molecule has 2 amide bonds. The van der Waals surface area contributed by atoms with Crippen LogP contribution in [0.3, 0.4) is 0 Å². The molecule has 0 aliphatic rings. The van der Waals surface area contributed by atoms with Gasteiger partial charge in [-0.05, 0) is 50.2 Å². The molecule has 8 nitrogen and oxygen atoms in total. The molecule has 33 heavy (non-hydrogen) atoms. The Labute approximate surface area is 195 Å². The number of nitrogens with one attached hydrogen (secondary N) is 1. The predicted octanol–water partition coefficient (Wildman–Crippen LogP) is 5.28. The van der Waals surface area contributed by atoms with Crippen LogP contribution in [0.1, 0.15) is 24.3 Å². The molecule has 0 saturated carbocycles. The summed E-state index contributed by atoms with van der Waals surface area (Å²) in [5, 5.41) is 3.28. The number of fused-ring (bicyclic) bond motifs is 1. The largest absolute Gasteiger partial charge is 0.447 e. The van der Waals surface area contributed by atoms with Crippen molar-refractivity contribution in [1.82, 2.24) is 14.4 Å². The number of aromatic nitrogens is 3. The van der Waals surface area contributed by atoms with Gasteiger partial charge in [-0.15, -0.1) is 0 Å². The number of carbonyl (C=O) groups excluding carboxylic acids is 2. The maximum absolute atomic E-state index is 13.0. The maximum atomic E-state index is 13.0. The zero-order chi connectivity index (χ0) is 23.5. The lowest BCUT2D eigenvalue weighted by Crippen LogP contribution is -2.27. The molecule has 1 N–H and O–H groups in total. The number of hydrogen-bond donors (Lipinski definition) is 1. The van der Waals surface area contributed by atoms with E-state index >= 15 is 0 Å². The standard InChI is InChI=1S/C24H22ClN5O3/c1-15(2)33-24(32)28-18-8-4-16(5-9-18)21-12-27-22-13-26-20(14-30(21)22)23(31)29(3)19-10-6-17(25)7-11-19/h4-15H,1-3H3,(H,28,32). The Bertz CT molecular complexity index is 1300. The van der Waals surface area contributed by atoms with Crippen molar-refractivity contribution in [2.24, 2.45) is 0 Å². The van der Waals surface area contributed by atoms with E-state index in [9.17, 15) is 9.59 Å². The van der Waals surface area contributed by atoms with E-state index < -0.39 is 6.09 Å². The minimum absolute atomic E-state index is 0.202. The molecule has 2 aromatic heterocycles.